The zero-order chi connectivity index (χ0) is 12.4. The van der Waals surface area contributed by atoms with Crippen LogP contribution in [-0.2, 0) is 6.42 Å². The molecule has 2 heterocycles. The molecular weight excluding hydrogens is 232 g/mol. The number of thiophene rings is 1. The summed E-state index contributed by atoms with van der Waals surface area (Å²) in [6.07, 6.45) is 2.03. The van der Waals surface area contributed by atoms with Crippen molar-refractivity contribution in [2.24, 2.45) is 11.7 Å². The van der Waals surface area contributed by atoms with E-state index in [2.05, 4.69) is 19.9 Å². The minimum atomic E-state index is 0.179. The molecule has 1 aliphatic heterocycles. The summed E-state index contributed by atoms with van der Waals surface area (Å²) in [5.41, 5.74) is 5.69. The van der Waals surface area contributed by atoms with Crippen LogP contribution in [0.15, 0.2) is 12.1 Å². The number of nitrogens with zero attached hydrogens (tertiary/aromatic N) is 1. The van der Waals surface area contributed by atoms with E-state index in [1.54, 1.807) is 11.3 Å². The van der Waals surface area contributed by atoms with Crippen molar-refractivity contribution < 1.29 is 4.79 Å². The first-order valence-corrected chi connectivity index (χ1v) is 7.07. The van der Waals surface area contributed by atoms with Gasteiger partial charge >= 0.3 is 0 Å². The molecule has 1 aromatic rings. The zero-order valence-corrected chi connectivity index (χ0v) is 11.3. The van der Waals surface area contributed by atoms with Crippen LogP contribution in [0.25, 0.3) is 0 Å². The maximum Gasteiger partial charge on any atom is 0.264 e. The summed E-state index contributed by atoms with van der Waals surface area (Å²) in [5, 5.41) is 0. The van der Waals surface area contributed by atoms with Crippen molar-refractivity contribution in [2.45, 2.75) is 32.7 Å². The third-order valence-electron chi connectivity index (χ3n) is 3.48. The van der Waals surface area contributed by atoms with Gasteiger partial charge in [0.15, 0.2) is 0 Å². The molecule has 2 rings (SSSR count). The number of likely N-dealkylation sites (tertiary alicyclic amines) is 1. The molecule has 0 aliphatic carbocycles. The Balaban J connectivity index is 2.09. The maximum atomic E-state index is 12.3. The smallest absolute Gasteiger partial charge is 0.264 e. The lowest BCUT2D eigenvalue weighted by molar-refractivity contribution is 0.0748. The molecule has 1 aromatic heterocycles. The molecule has 2 atom stereocenters. The highest BCUT2D eigenvalue weighted by Crippen LogP contribution is 2.26. The van der Waals surface area contributed by atoms with Crippen molar-refractivity contribution in [1.29, 1.82) is 0 Å². The Morgan fingerprint density at radius 3 is 2.88 bits per heavy atom. The van der Waals surface area contributed by atoms with Crippen molar-refractivity contribution in [3.05, 3.63) is 21.9 Å². The van der Waals surface area contributed by atoms with Crippen LogP contribution in [0.3, 0.4) is 0 Å². The Kier molecular flexibility index (Phi) is 3.84. The van der Waals surface area contributed by atoms with Crippen molar-refractivity contribution >= 4 is 17.2 Å². The fraction of sp³-hybridized carbons (Fsp3) is 0.615. The number of carbonyl (C=O) groups excluding carboxylic acids is 1. The minimum absolute atomic E-state index is 0.179. The second-order valence-corrected chi connectivity index (χ2v) is 5.93. The first-order chi connectivity index (χ1) is 8.15. The number of amides is 1. The Hall–Kier alpha value is -0.870. The molecule has 4 heteroatoms. The van der Waals surface area contributed by atoms with Crippen LogP contribution in [0, 0.1) is 5.92 Å². The summed E-state index contributed by atoms with van der Waals surface area (Å²) in [7, 11) is 0. The Morgan fingerprint density at radius 2 is 2.35 bits per heavy atom. The number of nitrogens with two attached hydrogens (primary N) is 1. The summed E-state index contributed by atoms with van der Waals surface area (Å²) in [6, 6.07) is 4.33. The molecule has 1 saturated heterocycles. The summed E-state index contributed by atoms with van der Waals surface area (Å²) in [4.78, 5) is 16.5. The highest BCUT2D eigenvalue weighted by Gasteiger charge is 2.32. The number of carbonyl (C=O) groups is 1. The maximum absolute atomic E-state index is 12.3. The summed E-state index contributed by atoms with van der Waals surface area (Å²) < 4.78 is 0. The van der Waals surface area contributed by atoms with Gasteiger partial charge in [0.05, 0.1) is 4.88 Å². The molecule has 0 bridgehead atoms. The van der Waals surface area contributed by atoms with Gasteiger partial charge in [-0.15, -0.1) is 11.3 Å². The lowest BCUT2D eigenvalue weighted by Crippen LogP contribution is -2.33. The van der Waals surface area contributed by atoms with Gasteiger partial charge in [0.2, 0.25) is 0 Å². The van der Waals surface area contributed by atoms with Gasteiger partial charge in [-0.2, -0.15) is 0 Å². The first-order valence-electron chi connectivity index (χ1n) is 6.25. The normalized spacial score (nSPS) is 24.3. The van der Waals surface area contributed by atoms with Crippen molar-refractivity contribution in [3.63, 3.8) is 0 Å². The van der Waals surface area contributed by atoms with Crippen molar-refractivity contribution in [1.82, 2.24) is 4.90 Å². The SMILES string of the molecule is CCc1ccc(C(=O)N2CC(CN)CC2C)s1. The van der Waals surface area contributed by atoms with Gasteiger partial charge in [-0.25, -0.2) is 0 Å². The molecule has 1 amide bonds. The zero-order valence-electron chi connectivity index (χ0n) is 10.5. The molecule has 3 nitrogen and oxygen atoms in total. The summed E-state index contributed by atoms with van der Waals surface area (Å²) in [6.45, 7) is 5.72. The van der Waals surface area contributed by atoms with E-state index >= 15 is 0 Å². The second kappa shape index (κ2) is 5.19. The van der Waals surface area contributed by atoms with E-state index in [1.165, 1.54) is 4.88 Å². The van der Waals surface area contributed by atoms with Crippen molar-refractivity contribution in [2.75, 3.05) is 13.1 Å². The van der Waals surface area contributed by atoms with Crippen molar-refractivity contribution in [3.8, 4) is 0 Å². The fourth-order valence-corrected chi connectivity index (χ4v) is 3.32. The van der Waals surface area contributed by atoms with Crippen LogP contribution >= 0.6 is 11.3 Å². The monoisotopic (exact) mass is 252 g/mol. The van der Waals surface area contributed by atoms with E-state index in [0.717, 1.165) is 24.3 Å². The Bertz CT molecular complexity index is 402. The first kappa shape index (κ1) is 12.6. The standard InChI is InChI=1S/C13H20N2OS/c1-3-11-4-5-12(17-11)13(16)15-8-10(7-14)6-9(15)2/h4-5,9-10H,3,6-8,14H2,1-2H3. The molecule has 1 aliphatic rings. The molecule has 0 spiro atoms. The minimum Gasteiger partial charge on any atom is -0.335 e. The Labute approximate surface area is 107 Å². The van der Waals surface area contributed by atoms with Gasteiger partial charge in [0, 0.05) is 17.5 Å². The van der Waals surface area contributed by atoms with Gasteiger partial charge in [0.25, 0.3) is 5.91 Å². The van der Waals surface area contributed by atoms with Gasteiger partial charge in [-0.3, -0.25) is 4.79 Å². The van der Waals surface area contributed by atoms with Crippen LogP contribution in [-0.4, -0.2) is 29.9 Å². The molecular formula is C13H20N2OS. The highest BCUT2D eigenvalue weighted by molar-refractivity contribution is 7.14. The third-order valence-corrected chi connectivity index (χ3v) is 4.69. The van der Waals surface area contributed by atoms with Crippen LogP contribution in [0.5, 0.6) is 0 Å². The summed E-state index contributed by atoms with van der Waals surface area (Å²) >= 11 is 1.62. The molecule has 1 fully saturated rings. The average molecular weight is 252 g/mol. The number of hydrogen-bond acceptors (Lipinski definition) is 3. The third kappa shape index (κ3) is 2.53. The van der Waals surface area contributed by atoms with Crippen LogP contribution in [0.1, 0.15) is 34.8 Å². The van der Waals surface area contributed by atoms with E-state index in [9.17, 15) is 4.79 Å². The lowest BCUT2D eigenvalue weighted by atomic mass is 10.1. The number of aryl methyl sites for hydroxylation is 1. The number of rotatable bonds is 3. The van der Waals surface area contributed by atoms with Gasteiger partial charge in [-0.05, 0) is 44.4 Å². The fourth-order valence-electron chi connectivity index (χ4n) is 2.42. The van der Waals surface area contributed by atoms with E-state index in [-0.39, 0.29) is 5.91 Å². The molecule has 17 heavy (non-hydrogen) atoms. The van der Waals surface area contributed by atoms with Crippen LogP contribution in [0.4, 0.5) is 0 Å². The summed E-state index contributed by atoms with van der Waals surface area (Å²) in [5.74, 6) is 0.651. The van der Waals surface area contributed by atoms with Gasteiger partial charge in [0.1, 0.15) is 0 Å². The molecule has 2 unspecified atom stereocenters. The van der Waals surface area contributed by atoms with E-state index in [1.807, 2.05) is 11.0 Å². The van der Waals surface area contributed by atoms with Gasteiger partial charge in [-0.1, -0.05) is 6.92 Å². The number of hydrogen-bond donors (Lipinski definition) is 1. The largest absolute Gasteiger partial charge is 0.335 e. The Morgan fingerprint density at radius 1 is 1.59 bits per heavy atom. The molecule has 2 N–H and O–H groups in total. The van der Waals surface area contributed by atoms with Crippen LogP contribution in [0.2, 0.25) is 0 Å². The van der Waals surface area contributed by atoms with Gasteiger partial charge < -0.3 is 10.6 Å². The van der Waals surface area contributed by atoms with E-state index in [0.29, 0.717) is 18.5 Å². The molecule has 0 radical (unpaired) electrons. The predicted octanol–water partition coefficient (Wildman–Crippen LogP) is 2.12. The second-order valence-electron chi connectivity index (χ2n) is 4.76. The molecule has 0 aromatic carbocycles. The average Bonchev–Trinajstić information content (AvgIpc) is 2.94. The lowest BCUT2D eigenvalue weighted by Gasteiger charge is -2.20. The van der Waals surface area contributed by atoms with E-state index < -0.39 is 0 Å². The predicted molar refractivity (Wildman–Crippen MR) is 71.4 cm³/mol. The van der Waals surface area contributed by atoms with E-state index in [4.69, 9.17) is 5.73 Å². The quantitative estimate of drug-likeness (QED) is 0.895. The molecule has 94 valence electrons. The van der Waals surface area contributed by atoms with Crippen LogP contribution < -0.4 is 5.73 Å². The highest BCUT2D eigenvalue weighted by atomic mass is 32.1. The topological polar surface area (TPSA) is 46.3 Å². The molecule has 0 saturated carbocycles.